The Hall–Kier alpha value is -7.00. The summed E-state index contributed by atoms with van der Waals surface area (Å²) < 4.78 is 5.07. The molecule has 2 heteroatoms. The van der Waals surface area contributed by atoms with Gasteiger partial charge in [-0.1, -0.05) is 152 Å². The fourth-order valence-corrected chi connectivity index (χ4v) is 10.7. The number of rotatable bonds is 5. The van der Waals surface area contributed by atoms with E-state index in [9.17, 15) is 0 Å². The van der Waals surface area contributed by atoms with Crippen molar-refractivity contribution in [1.82, 2.24) is 4.57 Å². The average Bonchev–Trinajstić information content (AvgIpc) is 3.84. The van der Waals surface area contributed by atoms with Crippen LogP contribution in [-0.4, -0.2) is 4.57 Å². The maximum atomic E-state index is 2.47. The highest BCUT2D eigenvalue weighted by Crippen LogP contribution is 2.47. The van der Waals surface area contributed by atoms with Gasteiger partial charge in [-0.3, -0.25) is 0 Å². The maximum Gasteiger partial charge on any atom is 0.0541 e. The summed E-state index contributed by atoms with van der Waals surface area (Å²) in [6, 6.07) is 76.7. The van der Waals surface area contributed by atoms with Crippen LogP contribution < -0.4 is 0 Å². The molecule has 58 heavy (non-hydrogen) atoms. The minimum absolute atomic E-state index is 0.243. The molecule has 272 valence electrons. The highest BCUT2D eigenvalue weighted by atomic mass is 32.1. The second-order valence-corrected chi connectivity index (χ2v) is 16.7. The fraction of sp³-hybridized carbons (Fsp3) is 0.0357. The molecule has 0 fully saturated rings. The number of fused-ring (bicyclic) bond motifs is 9. The Morgan fingerprint density at radius 3 is 1.88 bits per heavy atom. The van der Waals surface area contributed by atoms with E-state index in [4.69, 9.17) is 0 Å². The van der Waals surface area contributed by atoms with E-state index >= 15 is 0 Å². The fourth-order valence-electron chi connectivity index (χ4n) is 9.56. The molecule has 9 aromatic carbocycles. The first-order valence-corrected chi connectivity index (χ1v) is 21.0. The van der Waals surface area contributed by atoms with Crippen LogP contribution in [0, 0.1) is 0 Å². The predicted octanol–water partition coefficient (Wildman–Crippen LogP) is 15.5. The lowest BCUT2D eigenvalue weighted by atomic mass is 9.74. The van der Waals surface area contributed by atoms with Gasteiger partial charge in [0.25, 0.3) is 0 Å². The molecule has 0 aliphatic heterocycles. The molecule has 2 heterocycles. The first kappa shape index (κ1) is 33.2. The maximum absolute atomic E-state index is 2.47. The summed E-state index contributed by atoms with van der Waals surface area (Å²) in [7, 11) is 0. The van der Waals surface area contributed by atoms with Gasteiger partial charge >= 0.3 is 0 Å². The van der Waals surface area contributed by atoms with Crippen molar-refractivity contribution in [2.45, 2.75) is 12.3 Å². The van der Waals surface area contributed by atoms with Crippen LogP contribution >= 0.6 is 11.3 Å². The predicted molar refractivity (Wildman–Crippen MR) is 247 cm³/mol. The molecule has 0 spiro atoms. The Morgan fingerprint density at radius 2 is 1.00 bits per heavy atom. The third-order valence-electron chi connectivity index (χ3n) is 12.4. The van der Waals surface area contributed by atoms with E-state index < -0.39 is 0 Å². The molecule has 0 radical (unpaired) electrons. The lowest BCUT2D eigenvalue weighted by Crippen LogP contribution is -2.13. The van der Waals surface area contributed by atoms with E-state index in [-0.39, 0.29) is 5.92 Å². The van der Waals surface area contributed by atoms with Crippen molar-refractivity contribution in [2.24, 2.45) is 0 Å². The van der Waals surface area contributed by atoms with Crippen LogP contribution in [0.2, 0.25) is 0 Å². The summed E-state index contributed by atoms with van der Waals surface area (Å²) in [6.07, 6.45) is 0.959. The van der Waals surface area contributed by atoms with Gasteiger partial charge in [0.05, 0.1) is 11.0 Å². The molecule has 0 bridgehead atoms. The lowest BCUT2D eigenvalue weighted by molar-refractivity contribution is 0.794. The Morgan fingerprint density at radius 1 is 0.379 bits per heavy atom. The zero-order valence-electron chi connectivity index (χ0n) is 31.8. The number of hydrogen-bond donors (Lipinski definition) is 0. The van der Waals surface area contributed by atoms with Crippen LogP contribution in [0.25, 0.3) is 92.2 Å². The number of nitrogens with zero attached hydrogens (tertiary/aromatic N) is 1. The molecule has 12 rings (SSSR count). The second kappa shape index (κ2) is 13.3. The third-order valence-corrected chi connectivity index (χ3v) is 13.5. The number of thiophene rings is 1. The summed E-state index contributed by atoms with van der Waals surface area (Å²) in [4.78, 5) is 0. The lowest BCUT2D eigenvalue weighted by Gasteiger charge is -2.30. The van der Waals surface area contributed by atoms with E-state index in [1.54, 1.807) is 0 Å². The topological polar surface area (TPSA) is 4.93 Å². The van der Waals surface area contributed by atoms with Gasteiger partial charge in [0.1, 0.15) is 0 Å². The van der Waals surface area contributed by atoms with Gasteiger partial charge in [0, 0.05) is 42.6 Å². The second-order valence-electron chi connectivity index (χ2n) is 15.7. The van der Waals surface area contributed by atoms with Crippen LogP contribution in [0.5, 0.6) is 0 Å². The summed E-state index contributed by atoms with van der Waals surface area (Å²) in [5.41, 5.74) is 17.9. The van der Waals surface area contributed by atoms with E-state index in [1.807, 2.05) is 11.3 Å². The van der Waals surface area contributed by atoms with Crippen molar-refractivity contribution in [1.29, 1.82) is 0 Å². The van der Waals surface area contributed by atoms with Crippen molar-refractivity contribution in [3.05, 3.63) is 223 Å². The van der Waals surface area contributed by atoms with Crippen molar-refractivity contribution < 1.29 is 0 Å². The van der Waals surface area contributed by atoms with Crippen LogP contribution in [0.3, 0.4) is 0 Å². The summed E-state index contributed by atoms with van der Waals surface area (Å²) in [5.74, 6) is 0.243. The number of hydrogen-bond acceptors (Lipinski definition) is 1. The van der Waals surface area contributed by atoms with Crippen molar-refractivity contribution in [3.63, 3.8) is 0 Å². The van der Waals surface area contributed by atoms with Gasteiger partial charge in [-0.15, -0.1) is 11.3 Å². The molecule has 0 amide bonds. The van der Waals surface area contributed by atoms with Gasteiger partial charge in [-0.2, -0.15) is 0 Å². The SMILES string of the molecule is c1ccc(-c2cccc(C3Cc4ccc(-c5ccc6c(c5)sc5ccccc56)cc4-c4cc(-c5ccc6c(c5)c5ccccc5n6-c5ccccc5)ccc43)c2)cc1. The zero-order valence-corrected chi connectivity index (χ0v) is 32.6. The quantitative estimate of drug-likeness (QED) is 0.165. The Balaban J connectivity index is 1.02. The monoisotopic (exact) mass is 755 g/mol. The van der Waals surface area contributed by atoms with E-state index in [0.717, 1.165) is 6.42 Å². The van der Waals surface area contributed by atoms with E-state index in [2.05, 4.69) is 211 Å². The molecular formula is C56H37NS. The first-order valence-electron chi connectivity index (χ1n) is 20.2. The highest BCUT2D eigenvalue weighted by molar-refractivity contribution is 7.25. The number of aromatic nitrogens is 1. The molecule has 11 aromatic rings. The number of para-hydroxylation sites is 2. The molecule has 1 unspecified atom stereocenters. The van der Waals surface area contributed by atoms with Crippen molar-refractivity contribution in [2.75, 3.05) is 0 Å². The largest absolute Gasteiger partial charge is 0.309 e. The van der Waals surface area contributed by atoms with E-state index in [0.29, 0.717) is 0 Å². The van der Waals surface area contributed by atoms with Gasteiger partial charge in [0.2, 0.25) is 0 Å². The Bertz CT molecular complexity index is 3370. The van der Waals surface area contributed by atoms with Crippen molar-refractivity contribution >= 4 is 53.3 Å². The van der Waals surface area contributed by atoms with Crippen LogP contribution in [0.15, 0.2) is 206 Å². The molecule has 0 saturated heterocycles. The number of benzene rings is 9. The summed E-state index contributed by atoms with van der Waals surface area (Å²) in [6.45, 7) is 0. The molecule has 1 atom stereocenters. The standard InChI is InChI=1S/C56H37NS/c1-3-12-36(13-4-1)37-14-11-15-42(30-37)49-34-43-23-22-38(41-25-28-48-47-19-8-10-21-55(47)58-56(48)35-41)31-50(43)51-32-39(24-27-45(49)51)40-26-29-54-52(33-40)46-18-7-9-20-53(46)57(54)44-16-5-2-6-17-44/h1-33,35,49H,34H2. The smallest absolute Gasteiger partial charge is 0.0541 e. The normalized spacial score (nSPS) is 13.6. The van der Waals surface area contributed by atoms with Gasteiger partial charge < -0.3 is 4.57 Å². The highest BCUT2D eigenvalue weighted by Gasteiger charge is 2.27. The Kier molecular flexibility index (Phi) is 7.61. The summed E-state index contributed by atoms with van der Waals surface area (Å²) >= 11 is 1.88. The van der Waals surface area contributed by atoms with Gasteiger partial charge in [-0.25, -0.2) is 0 Å². The van der Waals surface area contributed by atoms with Gasteiger partial charge in [-0.05, 0) is 122 Å². The average molecular weight is 756 g/mol. The molecule has 1 nitrogen and oxygen atoms in total. The van der Waals surface area contributed by atoms with Crippen LogP contribution in [0.4, 0.5) is 0 Å². The van der Waals surface area contributed by atoms with E-state index in [1.165, 1.54) is 109 Å². The molecule has 1 aliphatic carbocycles. The molecular weight excluding hydrogens is 719 g/mol. The minimum Gasteiger partial charge on any atom is -0.309 e. The first-order chi connectivity index (χ1) is 28.7. The summed E-state index contributed by atoms with van der Waals surface area (Å²) in [5, 5.41) is 5.21. The van der Waals surface area contributed by atoms with Crippen molar-refractivity contribution in [3.8, 4) is 50.2 Å². The van der Waals surface area contributed by atoms with Crippen LogP contribution in [0.1, 0.15) is 22.6 Å². The molecule has 0 N–H and O–H groups in total. The minimum atomic E-state index is 0.243. The molecule has 1 aliphatic rings. The van der Waals surface area contributed by atoms with Crippen LogP contribution in [-0.2, 0) is 6.42 Å². The van der Waals surface area contributed by atoms with Gasteiger partial charge in [0.15, 0.2) is 0 Å². The third kappa shape index (κ3) is 5.37. The Labute approximate surface area is 341 Å². The molecule has 0 saturated carbocycles. The molecule has 2 aromatic heterocycles. The zero-order chi connectivity index (χ0) is 38.2.